The molecule has 0 radical (unpaired) electrons. The monoisotopic (exact) mass is 586 g/mol. The number of allylic oxidation sites excluding steroid dienone is 1. The Kier molecular flexibility index (Phi) is 6.90. The lowest BCUT2D eigenvalue weighted by atomic mass is 9.43. The van der Waals surface area contributed by atoms with Gasteiger partial charge in [-0.25, -0.2) is 14.6 Å². The van der Waals surface area contributed by atoms with Crippen LogP contribution in [0.25, 0.3) is 0 Å². The Bertz CT molecular complexity index is 1500. The van der Waals surface area contributed by atoms with Crippen molar-refractivity contribution in [2.24, 2.45) is 35.0 Å². The molecule has 10 heteroatoms. The minimum atomic E-state index is -1.50. The maximum atomic E-state index is 14.4. The van der Waals surface area contributed by atoms with Gasteiger partial charge in [-0.3, -0.25) is 19.2 Å². The molecule has 2 aromatic carbocycles. The van der Waals surface area contributed by atoms with E-state index in [0.29, 0.717) is 41.7 Å². The molecule has 43 heavy (non-hydrogen) atoms. The van der Waals surface area contributed by atoms with Crippen molar-refractivity contribution in [3.63, 3.8) is 0 Å². The van der Waals surface area contributed by atoms with Gasteiger partial charge in [-0.2, -0.15) is 0 Å². The van der Waals surface area contributed by atoms with Crippen LogP contribution in [0.15, 0.2) is 59.7 Å². The molecule has 3 fully saturated rings. The Morgan fingerprint density at radius 3 is 1.56 bits per heavy atom. The van der Waals surface area contributed by atoms with Gasteiger partial charge < -0.3 is 14.2 Å². The number of para-hydroxylation sites is 4. The third-order valence-electron chi connectivity index (χ3n) is 9.49. The Labute approximate surface area is 249 Å². The summed E-state index contributed by atoms with van der Waals surface area (Å²) in [6, 6.07) is 13.6. The molecule has 2 aliphatic heterocycles. The second kappa shape index (κ2) is 10.4. The van der Waals surface area contributed by atoms with E-state index in [4.69, 9.17) is 14.2 Å². The van der Waals surface area contributed by atoms with Gasteiger partial charge in [-0.05, 0) is 52.0 Å². The molecular formula is C33H34N2O8. The molecule has 0 unspecified atom stereocenters. The number of carbonyl (C=O) groups excluding carboxylic acids is 5. The molecule has 224 valence electrons. The molecule has 4 atom stereocenters. The molecule has 5 aliphatic rings. The van der Waals surface area contributed by atoms with E-state index in [0.717, 1.165) is 9.80 Å². The van der Waals surface area contributed by atoms with Crippen LogP contribution in [0.3, 0.4) is 0 Å². The minimum absolute atomic E-state index is 0.0834. The summed E-state index contributed by atoms with van der Waals surface area (Å²) < 4.78 is 17.0. The molecule has 1 saturated carbocycles. The summed E-state index contributed by atoms with van der Waals surface area (Å²) in [7, 11) is 0. The SMILES string of the molecule is CCOC(=O)C1=C(C)C2[C@@H]3C(=O)N(c4ccccc4OCC)C(=O)[C@@H]3C1(C)[C@H]1C(=O)N(c3ccccc3OCC)C(=O)[C@@H]21. The fourth-order valence-electron chi connectivity index (χ4n) is 8.12. The van der Waals surface area contributed by atoms with Crippen LogP contribution in [0, 0.1) is 35.0 Å². The van der Waals surface area contributed by atoms with Crippen molar-refractivity contribution in [2.45, 2.75) is 34.6 Å². The van der Waals surface area contributed by atoms with Crippen molar-refractivity contribution < 1.29 is 38.2 Å². The van der Waals surface area contributed by atoms with E-state index in [-0.39, 0.29) is 12.2 Å². The molecular weight excluding hydrogens is 552 g/mol. The number of hydrogen-bond acceptors (Lipinski definition) is 8. The van der Waals surface area contributed by atoms with Gasteiger partial charge in [0.05, 0.1) is 54.9 Å². The van der Waals surface area contributed by atoms with Crippen LogP contribution in [0.2, 0.25) is 0 Å². The molecule has 3 aliphatic carbocycles. The zero-order chi connectivity index (χ0) is 30.8. The van der Waals surface area contributed by atoms with E-state index in [2.05, 4.69) is 0 Å². The summed E-state index contributed by atoms with van der Waals surface area (Å²) in [6.07, 6.45) is 0. The van der Waals surface area contributed by atoms with Crippen LogP contribution in [0.4, 0.5) is 11.4 Å². The zero-order valence-electron chi connectivity index (χ0n) is 24.8. The van der Waals surface area contributed by atoms with Gasteiger partial charge in [-0.1, -0.05) is 36.8 Å². The summed E-state index contributed by atoms with van der Waals surface area (Å²) in [5.74, 6) is -6.84. The molecule has 2 bridgehead atoms. The number of benzene rings is 2. The van der Waals surface area contributed by atoms with Gasteiger partial charge in [0.25, 0.3) is 0 Å². The number of amides is 4. The van der Waals surface area contributed by atoms with Crippen LogP contribution >= 0.6 is 0 Å². The number of esters is 1. The third kappa shape index (κ3) is 3.74. The molecule has 10 nitrogen and oxygen atoms in total. The second-order valence-electron chi connectivity index (χ2n) is 11.4. The van der Waals surface area contributed by atoms with Crippen LogP contribution < -0.4 is 19.3 Å². The Balaban J connectivity index is 1.54. The van der Waals surface area contributed by atoms with E-state index < -0.39 is 64.6 Å². The number of ether oxygens (including phenoxy) is 3. The largest absolute Gasteiger partial charge is 0.492 e. The Hall–Kier alpha value is -4.47. The van der Waals surface area contributed by atoms with Gasteiger partial charge in [0.2, 0.25) is 23.6 Å². The average molecular weight is 587 g/mol. The Morgan fingerprint density at radius 2 is 1.14 bits per heavy atom. The first-order valence-electron chi connectivity index (χ1n) is 14.7. The van der Waals surface area contributed by atoms with E-state index in [9.17, 15) is 24.0 Å². The van der Waals surface area contributed by atoms with Gasteiger partial charge in [0.1, 0.15) is 11.5 Å². The summed E-state index contributed by atoms with van der Waals surface area (Å²) in [5.41, 5.74) is -0.205. The van der Waals surface area contributed by atoms with Gasteiger partial charge >= 0.3 is 5.97 Å². The highest BCUT2D eigenvalue weighted by Gasteiger charge is 2.77. The van der Waals surface area contributed by atoms with Crippen LogP contribution in [-0.2, 0) is 28.7 Å². The van der Waals surface area contributed by atoms with Crippen molar-refractivity contribution in [2.75, 3.05) is 29.6 Å². The topological polar surface area (TPSA) is 120 Å². The lowest BCUT2D eigenvalue weighted by Crippen LogP contribution is -2.61. The molecule has 7 rings (SSSR count). The first-order chi connectivity index (χ1) is 20.6. The van der Waals surface area contributed by atoms with Crippen molar-refractivity contribution in [1.29, 1.82) is 0 Å². The molecule has 0 N–H and O–H groups in total. The second-order valence-corrected chi connectivity index (χ2v) is 11.4. The number of anilines is 2. The highest BCUT2D eigenvalue weighted by Crippen LogP contribution is 2.69. The van der Waals surface area contributed by atoms with Crippen molar-refractivity contribution in [3.05, 3.63) is 59.7 Å². The van der Waals surface area contributed by atoms with E-state index in [1.165, 1.54) is 0 Å². The molecule has 2 saturated heterocycles. The Morgan fingerprint density at radius 1 is 0.698 bits per heavy atom. The number of rotatable bonds is 8. The van der Waals surface area contributed by atoms with Crippen LogP contribution in [0.1, 0.15) is 34.6 Å². The summed E-state index contributed by atoms with van der Waals surface area (Å²) in [5, 5.41) is 0. The number of imide groups is 2. The highest BCUT2D eigenvalue weighted by atomic mass is 16.5. The lowest BCUT2D eigenvalue weighted by molar-refractivity contribution is -0.155. The van der Waals surface area contributed by atoms with E-state index >= 15 is 0 Å². The summed E-state index contributed by atoms with van der Waals surface area (Å²) in [4.78, 5) is 73.4. The molecule has 2 heterocycles. The van der Waals surface area contributed by atoms with Crippen LogP contribution in [0.5, 0.6) is 11.5 Å². The summed E-state index contributed by atoms with van der Waals surface area (Å²) in [6.45, 7) is 9.39. The van der Waals surface area contributed by atoms with Crippen LogP contribution in [-0.4, -0.2) is 49.4 Å². The van der Waals surface area contributed by atoms with Crippen molar-refractivity contribution >= 4 is 41.0 Å². The first kappa shape index (κ1) is 28.6. The average Bonchev–Trinajstić information content (AvgIpc) is 3.40. The predicted molar refractivity (Wildman–Crippen MR) is 155 cm³/mol. The number of nitrogens with zero attached hydrogens (tertiary/aromatic N) is 2. The molecule has 0 spiro atoms. The van der Waals surface area contributed by atoms with Gasteiger partial charge in [0.15, 0.2) is 0 Å². The number of hydrogen-bond donors (Lipinski definition) is 0. The fourth-order valence-corrected chi connectivity index (χ4v) is 8.12. The molecule has 4 amide bonds. The van der Waals surface area contributed by atoms with Gasteiger partial charge in [0, 0.05) is 16.9 Å². The van der Waals surface area contributed by atoms with Crippen molar-refractivity contribution in [1.82, 2.24) is 0 Å². The minimum Gasteiger partial charge on any atom is -0.492 e. The maximum absolute atomic E-state index is 14.4. The van der Waals surface area contributed by atoms with Gasteiger partial charge in [-0.15, -0.1) is 0 Å². The summed E-state index contributed by atoms with van der Waals surface area (Å²) >= 11 is 0. The maximum Gasteiger partial charge on any atom is 0.334 e. The third-order valence-corrected chi connectivity index (χ3v) is 9.49. The standard InChI is InChI=1S/C33H34N2O8/c1-6-41-20-15-11-9-13-18(20)34-28(36)23-22-17(4)25(32(40)43-8-3)33(5,26(23)30(34)38)27-24(22)29(37)35(31(27)39)19-14-10-12-16-21(19)42-7-2/h9-16,22-24,26-27H,6-8H2,1-5H3/t22?,23-,24-,26+,27+,33?/m0/s1. The quantitative estimate of drug-likeness (QED) is 0.337. The fraction of sp³-hybridized carbons (Fsp3) is 0.424. The molecule has 0 aromatic heterocycles. The van der Waals surface area contributed by atoms with E-state index in [1.54, 1.807) is 83.1 Å². The van der Waals surface area contributed by atoms with E-state index in [1.807, 2.05) is 0 Å². The van der Waals surface area contributed by atoms with Crippen molar-refractivity contribution in [3.8, 4) is 11.5 Å². The smallest absolute Gasteiger partial charge is 0.334 e. The molecule has 2 aromatic rings. The first-order valence-corrected chi connectivity index (χ1v) is 14.7. The predicted octanol–water partition coefficient (Wildman–Crippen LogP) is 3.92. The zero-order valence-corrected chi connectivity index (χ0v) is 24.8. The lowest BCUT2D eigenvalue weighted by Gasteiger charge is -2.55. The number of carbonyl (C=O) groups is 5. The highest BCUT2D eigenvalue weighted by molar-refractivity contribution is 6.28. The normalized spacial score (nSPS) is 29.3.